The Morgan fingerprint density at radius 1 is 1.23 bits per heavy atom. The Morgan fingerprint density at radius 2 is 1.98 bits per heavy atom. The lowest BCUT2D eigenvalue weighted by Crippen LogP contribution is -2.58. The summed E-state index contributed by atoms with van der Waals surface area (Å²) >= 11 is 0. The average molecular weight is 616 g/mol. The number of rotatable bonds is 11. The number of urea groups is 1. The number of aromatic nitrogens is 4. The second-order valence-electron chi connectivity index (χ2n) is 11.1. The Balaban J connectivity index is 1.45. The van der Waals surface area contributed by atoms with Crippen LogP contribution in [0.15, 0.2) is 22.8 Å². The van der Waals surface area contributed by atoms with Crippen LogP contribution in [0.1, 0.15) is 66.3 Å². The maximum Gasteiger partial charge on any atom is 0.416 e. The van der Waals surface area contributed by atoms with Gasteiger partial charge in [0, 0.05) is 0 Å². The SMILES string of the molecule is Cc1nonc1C(=O)N[C@@H](COC(C)(C)C(F)(F)F)c1nc2cc([C@@H](COC3CC3)N3CC(F)(F)CNC3=O)ccc2[nH]1. The van der Waals surface area contributed by atoms with E-state index in [9.17, 15) is 31.5 Å². The maximum atomic E-state index is 14.3. The first-order valence-corrected chi connectivity index (χ1v) is 13.5. The largest absolute Gasteiger partial charge is 0.416 e. The minimum Gasteiger partial charge on any atom is -0.376 e. The number of nitrogens with zero attached hydrogens (tertiary/aromatic N) is 4. The number of fused-ring (bicyclic) bond motifs is 1. The number of H-pyrrole nitrogens is 1. The summed E-state index contributed by atoms with van der Waals surface area (Å²) in [6.45, 7) is 0.938. The minimum absolute atomic E-state index is 0.00884. The molecule has 3 aromatic rings. The van der Waals surface area contributed by atoms with Gasteiger partial charge in [0.25, 0.3) is 11.8 Å². The van der Waals surface area contributed by atoms with E-state index in [1.807, 2.05) is 0 Å². The molecule has 1 aromatic carbocycles. The molecular formula is C26H30F5N7O5. The molecule has 234 valence electrons. The van der Waals surface area contributed by atoms with Crippen molar-refractivity contribution in [3.05, 3.63) is 41.0 Å². The van der Waals surface area contributed by atoms with Gasteiger partial charge in [-0.3, -0.25) is 4.79 Å². The Hall–Kier alpha value is -3.86. The number of amides is 3. The van der Waals surface area contributed by atoms with Crippen molar-refractivity contribution >= 4 is 23.0 Å². The molecule has 3 amide bonds. The number of ether oxygens (including phenoxy) is 2. The fourth-order valence-corrected chi connectivity index (χ4v) is 4.40. The fraction of sp³-hybridized carbons (Fsp3) is 0.577. The van der Waals surface area contributed by atoms with Gasteiger partial charge in [0.15, 0.2) is 11.3 Å². The lowest BCUT2D eigenvalue weighted by molar-refractivity contribution is -0.265. The minimum atomic E-state index is -4.70. The molecule has 3 heterocycles. The molecule has 1 saturated carbocycles. The average Bonchev–Trinajstić information content (AvgIpc) is 3.49. The molecule has 0 unspecified atom stereocenters. The molecule has 1 aliphatic heterocycles. The van der Waals surface area contributed by atoms with Gasteiger partial charge in [0.1, 0.15) is 17.6 Å². The molecule has 1 aliphatic carbocycles. The molecule has 1 saturated heterocycles. The molecule has 0 bridgehead atoms. The summed E-state index contributed by atoms with van der Waals surface area (Å²) in [7, 11) is 0. The van der Waals surface area contributed by atoms with E-state index in [1.54, 1.807) is 18.2 Å². The Kier molecular flexibility index (Phi) is 8.06. The van der Waals surface area contributed by atoms with Gasteiger partial charge in [-0.15, -0.1) is 0 Å². The zero-order valence-electron chi connectivity index (χ0n) is 23.4. The second kappa shape index (κ2) is 11.3. The molecule has 0 spiro atoms. The van der Waals surface area contributed by atoms with E-state index in [-0.39, 0.29) is 29.9 Å². The molecule has 0 radical (unpaired) electrons. The van der Waals surface area contributed by atoms with Crippen LogP contribution in [0.5, 0.6) is 0 Å². The highest BCUT2D eigenvalue weighted by Gasteiger charge is 2.49. The first-order chi connectivity index (χ1) is 20.1. The third-order valence-electron chi connectivity index (χ3n) is 7.26. The van der Waals surface area contributed by atoms with Crippen LogP contribution in [0.25, 0.3) is 11.0 Å². The van der Waals surface area contributed by atoms with Gasteiger partial charge in [-0.05, 0) is 56.5 Å². The van der Waals surface area contributed by atoms with Crippen LogP contribution in [0.2, 0.25) is 0 Å². The summed E-state index contributed by atoms with van der Waals surface area (Å²) in [5.74, 6) is -3.88. The Morgan fingerprint density at radius 3 is 2.63 bits per heavy atom. The van der Waals surface area contributed by atoms with E-state index in [2.05, 4.69) is 35.5 Å². The number of hydrogen-bond donors (Lipinski definition) is 3. The third kappa shape index (κ3) is 6.87. The van der Waals surface area contributed by atoms with E-state index in [0.717, 1.165) is 31.6 Å². The van der Waals surface area contributed by atoms with E-state index >= 15 is 0 Å². The predicted molar refractivity (Wildman–Crippen MR) is 138 cm³/mol. The topological polar surface area (TPSA) is 148 Å². The molecule has 43 heavy (non-hydrogen) atoms. The number of aryl methyl sites for hydroxylation is 1. The zero-order valence-corrected chi connectivity index (χ0v) is 23.4. The summed E-state index contributed by atoms with van der Waals surface area (Å²) < 4.78 is 84.6. The highest BCUT2D eigenvalue weighted by molar-refractivity contribution is 5.93. The first kappa shape index (κ1) is 30.6. The number of benzene rings is 1. The standard InChI is InChI=1S/C26H30F5N7O5/c1-13-20(37-43-36-13)22(39)35-18(9-42-24(2,3)26(29,30)31)21-33-16-7-4-14(8-17(16)34-21)19(10-41-15-5-6-15)38-12-25(27,28)11-32-23(38)40/h4,7-8,15,18-19H,5-6,9-12H2,1-3H3,(H,32,40)(H,33,34)(H,35,39)/t18-,19+/m0/s1. The first-order valence-electron chi connectivity index (χ1n) is 13.5. The third-order valence-corrected chi connectivity index (χ3v) is 7.26. The quantitative estimate of drug-likeness (QED) is 0.275. The van der Waals surface area contributed by atoms with Crippen LogP contribution in [0.4, 0.5) is 26.7 Å². The molecule has 3 N–H and O–H groups in total. The van der Waals surface area contributed by atoms with Gasteiger partial charge in [-0.2, -0.15) is 13.2 Å². The van der Waals surface area contributed by atoms with Crippen molar-refractivity contribution in [2.45, 2.75) is 69.5 Å². The molecule has 2 atom stereocenters. The van der Waals surface area contributed by atoms with Crippen LogP contribution in [-0.2, 0) is 9.47 Å². The van der Waals surface area contributed by atoms with Gasteiger partial charge in [-0.1, -0.05) is 11.2 Å². The van der Waals surface area contributed by atoms with Crippen molar-refractivity contribution in [2.75, 3.05) is 26.3 Å². The maximum absolute atomic E-state index is 14.3. The van der Waals surface area contributed by atoms with Gasteiger partial charge < -0.3 is 30.0 Å². The monoisotopic (exact) mass is 615 g/mol. The summed E-state index contributed by atoms with van der Waals surface area (Å²) in [6.07, 6.45) is -3.04. The molecule has 2 aromatic heterocycles. The zero-order chi connectivity index (χ0) is 31.2. The molecule has 2 fully saturated rings. The van der Waals surface area contributed by atoms with Crippen molar-refractivity contribution in [1.82, 2.24) is 35.8 Å². The van der Waals surface area contributed by atoms with Crippen LogP contribution in [0, 0.1) is 6.92 Å². The van der Waals surface area contributed by atoms with Crippen molar-refractivity contribution in [1.29, 1.82) is 0 Å². The van der Waals surface area contributed by atoms with Crippen LogP contribution >= 0.6 is 0 Å². The number of aromatic amines is 1. The molecule has 2 aliphatic rings. The number of carbonyl (C=O) groups excluding carboxylic acids is 2. The van der Waals surface area contributed by atoms with Gasteiger partial charge >= 0.3 is 12.2 Å². The van der Waals surface area contributed by atoms with E-state index in [4.69, 9.17) is 9.47 Å². The molecule has 17 heteroatoms. The van der Waals surface area contributed by atoms with Gasteiger partial charge in [0.2, 0.25) is 0 Å². The van der Waals surface area contributed by atoms with Crippen molar-refractivity contribution in [3.63, 3.8) is 0 Å². The normalized spacial score (nSPS) is 18.9. The summed E-state index contributed by atoms with van der Waals surface area (Å²) in [5.41, 5.74) is -1.36. The molecule has 12 nitrogen and oxygen atoms in total. The summed E-state index contributed by atoms with van der Waals surface area (Å²) in [4.78, 5) is 34.0. The summed E-state index contributed by atoms with van der Waals surface area (Å²) in [5, 5.41) is 11.8. The highest BCUT2D eigenvalue weighted by Crippen LogP contribution is 2.35. The molecule has 5 rings (SSSR count). The highest BCUT2D eigenvalue weighted by atomic mass is 19.4. The number of halogens is 5. The van der Waals surface area contributed by atoms with Crippen LogP contribution in [0.3, 0.4) is 0 Å². The number of carbonyl (C=O) groups is 2. The number of hydrogen-bond acceptors (Lipinski definition) is 8. The van der Waals surface area contributed by atoms with E-state index in [0.29, 0.717) is 16.6 Å². The summed E-state index contributed by atoms with van der Waals surface area (Å²) in [6, 6.07) is 2.04. The molecular weight excluding hydrogens is 585 g/mol. The predicted octanol–water partition coefficient (Wildman–Crippen LogP) is 3.96. The van der Waals surface area contributed by atoms with Crippen LogP contribution < -0.4 is 10.6 Å². The van der Waals surface area contributed by atoms with Crippen molar-refractivity contribution in [3.8, 4) is 0 Å². The Bertz CT molecular complexity index is 1490. The smallest absolute Gasteiger partial charge is 0.376 e. The number of imidazole rings is 1. The van der Waals surface area contributed by atoms with Crippen molar-refractivity contribution in [2.24, 2.45) is 0 Å². The fourth-order valence-electron chi connectivity index (χ4n) is 4.40. The number of alkyl halides is 5. The second-order valence-corrected chi connectivity index (χ2v) is 11.1. The van der Waals surface area contributed by atoms with Crippen molar-refractivity contribution < 1.29 is 45.6 Å². The Labute approximate surface area is 241 Å². The lowest BCUT2D eigenvalue weighted by Gasteiger charge is -2.38. The van der Waals surface area contributed by atoms with E-state index < -0.39 is 61.4 Å². The van der Waals surface area contributed by atoms with E-state index in [1.165, 1.54) is 6.92 Å². The van der Waals surface area contributed by atoms with Gasteiger partial charge in [0.05, 0.1) is 49.5 Å². The lowest BCUT2D eigenvalue weighted by atomic mass is 10.0. The van der Waals surface area contributed by atoms with Crippen LogP contribution in [-0.4, -0.2) is 87.2 Å². The van der Waals surface area contributed by atoms with Gasteiger partial charge in [-0.25, -0.2) is 23.2 Å². The number of nitrogens with one attached hydrogen (secondary N) is 3.